The number of sulfonamides is 1. The van der Waals surface area contributed by atoms with Crippen LogP contribution >= 0.6 is 0 Å². The molecule has 0 saturated carbocycles. The molecule has 2 aromatic rings. The fraction of sp³-hybridized carbons (Fsp3) is 0.200. The monoisotopic (exact) mass is 267 g/mol. The van der Waals surface area contributed by atoms with E-state index in [4.69, 9.17) is 5.73 Å². The van der Waals surface area contributed by atoms with Crippen LogP contribution in [0.25, 0.3) is 0 Å². The fourth-order valence-electron chi connectivity index (χ4n) is 1.41. The molecule has 18 heavy (non-hydrogen) atoms. The number of H-pyrrole nitrogens is 1. The third kappa shape index (κ3) is 2.49. The van der Waals surface area contributed by atoms with Crippen molar-refractivity contribution in [3.05, 3.63) is 35.8 Å². The molecule has 0 fully saturated rings. The van der Waals surface area contributed by atoms with Gasteiger partial charge in [0.05, 0.1) is 18.1 Å². The normalized spacial score (nSPS) is 11.4. The molecular weight excluding hydrogens is 254 g/mol. The Labute approximate surface area is 104 Å². The third-order valence-electron chi connectivity index (χ3n) is 2.33. The van der Waals surface area contributed by atoms with Crippen LogP contribution in [0.1, 0.15) is 11.3 Å². The van der Waals surface area contributed by atoms with Gasteiger partial charge in [0.15, 0.2) is 5.03 Å². The number of nitrogens with two attached hydrogens (primary N) is 1. The maximum Gasteiger partial charge on any atom is 0.279 e. The average molecular weight is 267 g/mol. The molecule has 0 aromatic carbocycles. The molecule has 0 atom stereocenters. The Bertz CT molecular complexity index is 633. The lowest BCUT2D eigenvalue weighted by atomic mass is 10.4. The standard InChI is InChI=1S/C10H13N5O2S/c1-7-2-3-9(6-12-7)15-18(16,17)10-8(4-11)5-13-14-10/h2-3,5-6,15H,4,11H2,1H3,(H,13,14). The van der Waals surface area contributed by atoms with Gasteiger partial charge in [-0.05, 0) is 19.1 Å². The molecule has 2 aromatic heterocycles. The van der Waals surface area contributed by atoms with Crippen LogP contribution in [0.4, 0.5) is 5.69 Å². The van der Waals surface area contributed by atoms with E-state index in [9.17, 15) is 8.42 Å². The summed E-state index contributed by atoms with van der Waals surface area (Å²) >= 11 is 0. The highest BCUT2D eigenvalue weighted by molar-refractivity contribution is 7.92. The van der Waals surface area contributed by atoms with Crippen LogP contribution in [0.5, 0.6) is 0 Å². The number of aromatic amines is 1. The Morgan fingerprint density at radius 2 is 2.17 bits per heavy atom. The summed E-state index contributed by atoms with van der Waals surface area (Å²) < 4.78 is 26.5. The molecule has 7 nitrogen and oxygen atoms in total. The maximum absolute atomic E-state index is 12.1. The summed E-state index contributed by atoms with van der Waals surface area (Å²) in [5.74, 6) is 0. The van der Waals surface area contributed by atoms with Crippen molar-refractivity contribution in [1.29, 1.82) is 0 Å². The molecular formula is C10H13N5O2S. The summed E-state index contributed by atoms with van der Waals surface area (Å²) in [6.07, 6.45) is 2.84. The Morgan fingerprint density at radius 1 is 1.39 bits per heavy atom. The first-order chi connectivity index (χ1) is 8.53. The first-order valence-corrected chi connectivity index (χ1v) is 6.69. The number of aromatic nitrogens is 3. The number of aryl methyl sites for hydroxylation is 1. The van der Waals surface area contributed by atoms with Gasteiger partial charge >= 0.3 is 0 Å². The van der Waals surface area contributed by atoms with Crippen molar-refractivity contribution in [3.8, 4) is 0 Å². The van der Waals surface area contributed by atoms with E-state index >= 15 is 0 Å². The number of nitrogens with one attached hydrogen (secondary N) is 2. The predicted octanol–water partition coefficient (Wildman–Crippen LogP) is 0.373. The Hall–Kier alpha value is -1.93. The van der Waals surface area contributed by atoms with Crippen LogP contribution < -0.4 is 10.5 Å². The van der Waals surface area contributed by atoms with E-state index in [1.807, 2.05) is 6.92 Å². The molecule has 0 bridgehead atoms. The summed E-state index contributed by atoms with van der Waals surface area (Å²) in [6, 6.07) is 3.35. The first kappa shape index (κ1) is 12.5. The third-order valence-corrected chi connectivity index (χ3v) is 3.73. The summed E-state index contributed by atoms with van der Waals surface area (Å²) in [7, 11) is -3.71. The van der Waals surface area contributed by atoms with E-state index in [-0.39, 0.29) is 11.6 Å². The van der Waals surface area contributed by atoms with Crippen molar-refractivity contribution in [2.45, 2.75) is 18.5 Å². The molecule has 0 radical (unpaired) electrons. The van der Waals surface area contributed by atoms with Crippen LogP contribution in [0.3, 0.4) is 0 Å². The lowest BCUT2D eigenvalue weighted by Crippen LogP contribution is -2.16. The number of hydrogen-bond donors (Lipinski definition) is 3. The van der Waals surface area contributed by atoms with E-state index < -0.39 is 10.0 Å². The second kappa shape index (κ2) is 4.75. The van der Waals surface area contributed by atoms with Gasteiger partial charge in [-0.2, -0.15) is 13.5 Å². The van der Waals surface area contributed by atoms with Crippen molar-refractivity contribution >= 4 is 15.7 Å². The van der Waals surface area contributed by atoms with Crippen LogP contribution in [0.2, 0.25) is 0 Å². The zero-order valence-electron chi connectivity index (χ0n) is 9.71. The minimum absolute atomic E-state index is 0.0226. The molecule has 0 aliphatic carbocycles. The van der Waals surface area contributed by atoms with Crippen molar-refractivity contribution in [2.24, 2.45) is 5.73 Å². The Balaban J connectivity index is 2.30. The molecule has 0 unspecified atom stereocenters. The van der Waals surface area contributed by atoms with Gasteiger partial charge in [-0.25, -0.2) is 0 Å². The van der Waals surface area contributed by atoms with E-state index in [1.54, 1.807) is 12.1 Å². The molecule has 8 heteroatoms. The highest BCUT2D eigenvalue weighted by atomic mass is 32.2. The zero-order valence-corrected chi connectivity index (χ0v) is 10.5. The van der Waals surface area contributed by atoms with Gasteiger partial charge in [0.1, 0.15) is 0 Å². The van der Waals surface area contributed by atoms with Crippen LogP contribution in [0.15, 0.2) is 29.6 Å². The summed E-state index contributed by atoms with van der Waals surface area (Å²) in [5.41, 5.74) is 7.07. The quantitative estimate of drug-likeness (QED) is 0.740. The summed E-state index contributed by atoms with van der Waals surface area (Å²) in [6.45, 7) is 1.92. The van der Waals surface area contributed by atoms with Gasteiger partial charge in [-0.3, -0.25) is 14.8 Å². The second-order valence-corrected chi connectivity index (χ2v) is 5.34. The Kier molecular flexibility index (Phi) is 3.30. The predicted molar refractivity (Wildman–Crippen MR) is 66.3 cm³/mol. The van der Waals surface area contributed by atoms with E-state index in [1.165, 1.54) is 12.4 Å². The minimum atomic E-state index is -3.71. The fourth-order valence-corrected chi connectivity index (χ4v) is 2.60. The minimum Gasteiger partial charge on any atom is -0.326 e. The number of anilines is 1. The highest BCUT2D eigenvalue weighted by Crippen LogP contribution is 2.16. The lowest BCUT2D eigenvalue weighted by molar-refractivity contribution is 0.596. The van der Waals surface area contributed by atoms with Gasteiger partial charge in [-0.1, -0.05) is 0 Å². The summed E-state index contributed by atoms with van der Waals surface area (Å²) in [4.78, 5) is 4.01. The van der Waals surface area contributed by atoms with E-state index in [0.717, 1.165) is 5.69 Å². The molecule has 2 heterocycles. The van der Waals surface area contributed by atoms with Crippen LogP contribution in [-0.2, 0) is 16.6 Å². The maximum atomic E-state index is 12.1. The number of rotatable bonds is 4. The highest BCUT2D eigenvalue weighted by Gasteiger charge is 2.20. The van der Waals surface area contributed by atoms with Gasteiger partial charge in [-0.15, -0.1) is 0 Å². The van der Waals surface area contributed by atoms with E-state index in [2.05, 4.69) is 19.9 Å². The van der Waals surface area contributed by atoms with Crippen LogP contribution in [0, 0.1) is 6.92 Å². The molecule has 2 rings (SSSR count). The molecule has 0 saturated heterocycles. The van der Waals surface area contributed by atoms with Gasteiger partial charge < -0.3 is 5.73 Å². The Morgan fingerprint density at radius 3 is 2.78 bits per heavy atom. The molecule has 0 spiro atoms. The molecule has 0 aliphatic heterocycles. The summed E-state index contributed by atoms with van der Waals surface area (Å²) in [5, 5.41) is 6.08. The molecule has 0 aliphatic rings. The molecule has 4 N–H and O–H groups in total. The first-order valence-electron chi connectivity index (χ1n) is 5.21. The van der Waals surface area contributed by atoms with Crippen molar-refractivity contribution in [2.75, 3.05) is 4.72 Å². The number of pyridine rings is 1. The van der Waals surface area contributed by atoms with Crippen molar-refractivity contribution in [3.63, 3.8) is 0 Å². The number of nitrogens with zero attached hydrogens (tertiary/aromatic N) is 2. The van der Waals surface area contributed by atoms with Gasteiger partial charge in [0.2, 0.25) is 0 Å². The van der Waals surface area contributed by atoms with Crippen LogP contribution in [-0.4, -0.2) is 23.6 Å². The average Bonchev–Trinajstić information content (AvgIpc) is 2.81. The molecule has 96 valence electrons. The van der Waals surface area contributed by atoms with Crippen molar-refractivity contribution in [1.82, 2.24) is 15.2 Å². The lowest BCUT2D eigenvalue weighted by Gasteiger charge is -2.07. The number of hydrogen-bond acceptors (Lipinski definition) is 5. The molecule has 0 amide bonds. The smallest absolute Gasteiger partial charge is 0.279 e. The topological polar surface area (TPSA) is 114 Å². The van der Waals surface area contributed by atoms with Gasteiger partial charge in [0.25, 0.3) is 10.0 Å². The largest absolute Gasteiger partial charge is 0.326 e. The van der Waals surface area contributed by atoms with Gasteiger partial charge in [0, 0.05) is 17.8 Å². The zero-order chi connectivity index (χ0) is 13.2. The van der Waals surface area contributed by atoms with E-state index in [0.29, 0.717) is 11.3 Å². The second-order valence-electron chi connectivity index (χ2n) is 3.72. The van der Waals surface area contributed by atoms with Crippen molar-refractivity contribution < 1.29 is 8.42 Å². The SMILES string of the molecule is Cc1ccc(NS(=O)(=O)c2[nH]ncc2CN)cn1.